The van der Waals surface area contributed by atoms with Crippen LogP contribution in [0.3, 0.4) is 0 Å². The third-order valence-electron chi connectivity index (χ3n) is 5.71. The monoisotopic (exact) mass is 533 g/mol. The number of anilines is 1. The maximum atomic E-state index is 13.0. The largest absolute Gasteiger partial charge is 0.573 e. The predicted octanol–water partition coefficient (Wildman–Crippen LogP) is 8.57. The number of halogens is 6. The average Bonchev–Trinajstić information content (AvgIpc) is 2.85. The van der Waals surface area contributed by atoms with Gasteiger partial charge in [-0.15, -0.1) is 26.3 Å². The van der Waals surface area contributed by atoms with Gasteiger partial charge < -0.3 is 14.8 Å². The molecule has 0 saturated carbocycles. The Balaban J connectivity index is 2.25. The molecule has 0 fully saturated rings. The topological polar surface area (TPSA) is 30.5 Å². The molecule has 0 unspecified atom stereocenters. The molecule has 3 aromatic rings. The number of rotatable bonds is 11. The summed E-state index contributed by atoms with van der Waals surface area (Å²) in [6.07, 6.45) is -4.95. The van der Waals surface area contributed by atoms with Crippen LogP contribution in [0.2, 0.25) is 0 Å². The van der Waals surface area contributed by atoms with Crippen molar-refractivity contribution in [2.45, 2.75) is 24.6 Å². The van der Waals surface area contributed by atoms with Gasteiger partial charge in [-0.05, 0) is 59.5 Å². The number of para-hydroxylation sites is 1. The van der Waals surface area contributed by atoms with Gasteiger partial charge in [0.2, 0.25) is 0 Å². The number of hydrogen-bond acceptors (Lipinski definition) is 3. The number of alkyl halides is 6. The lowest BCUT2D eigenvalue weighted by molar-refractivity contribution is -0.275. The van der Waals surface area contributed by atoms with Gasteiger partial charge in [-0.2, -0.15) is 0 Å². The zero-order valence-corrected chi connectivity index (χ0v) is 20.2. The molecule has 0 bridgehead atoms. The molecule has 3 aromatic carbocycles. The van der Waals surface area contributed by atoms with E-state index in [0.717, 1.165) is 12.1 Å². The Hall–Kier alpha value is -4.14. The number of nitrogens with one attached hydrogen (secondary N) is 1. The Bertz CT molecular complexity index is 1210. The minimum Gasteiger partial charge on any atom is -0.406 e. The van der Waals surface area contributed by atoms with E-state index < -0.39 is 29.6 Å². The summed E-state index contributed by atoms with van der Waals surface area (Å²) in [6.45, 7) is 7.60. The second-order valence-electron chi connectivity index (χ2n) is 8.31. The van der Waals surface area contributed by atoms with Gasteiger partial charge in [0, 0.05) is 17.6 Å². The molecule has 3 nitrogen and oxygen atoms in total. The predicted molar refractivity (Wildman–Crippen MR) is 135 cm³/mol. The molecule has 0 radical (unpaired) electrons. The van der Waals surface area contributed by atoms with Gasteiger partial charge in [0.25, 0.3) is 0 Å². The lowest BCUT2D eigenvalue weighted by Crippen LogP contribution is -2.36. The molecule has 0 aliphatic rings. The first kappa shape index (κ1) is 28.4. The summed E-state index contributed by atoms with van der Waals surface area (Å²) in [6, 6.07) is 19.8. The van der Waals surface area contributed by atoms with E-state index in [1.54, 1.807) is 48.6 Å². The molecule has 0 saturated heterocycles. The lowest BCUT2D eigenvalue weighted by Gasteiger charge is -2.37. The highest BCUT2D eigenvalue weighted by molar-refractivity contribution is 5.51. The third kappa shape index (κ3) is 7.93. The fourth-order valence-corrected chi connectivity index (χ4v) is 4.13. The number of allylic oxidation sites excluding steroid dienone is 4. The standard InChI is InChI=1S/C29H25F6NO2/c1-3-10-21(4-2)19-27(20-36-24-13-6-5-7-14-24,22-11-8-15-25(17-22)37-28(30,31)32)23-12-9-16-26(18-23)38-29(33,34)35/h3-18,36H,1-2,19-20H2/b21-10+. The van der Waals surface area contributed by atoms with Crippen LogP contribution in [0.1, 0.15) is 17.5 Å². The van der Waals surface area contributed by atoms with Crippen LogP contribution in [0.5, 0.6) is 11.5 Å². The highest BCUT2D eigenvalue weighted by Crippen LogP contribution is 2.42. The van der Waals surface area contributed by atoms with Gasteiger partial charge in [0.05, 0.1) is 0 Å². The van der Waals surface area contributed by atoms with E-state index >= 15 is 0 Å². The first-order chi connectivity index (χ1) is 17.9. The summed E-state index contributed by atoms with van der Waals surface area (Å²) in [5.41, 5.74) is 0.885. The fraction of sp³-hybridized carbons (Fsp3) is 0.172. The zero-order valence-electron chi connectivity index (χ0n) is 20.2. The molecule has 38 heavy (non-hydrogen) atoms. The highest BCUT2D eigenvalue weighted by atomic mass is 19.4. The number of hydrogen-bond donors (Lipinski definition) is 1. The van der Waals surface area contributed by atoms with Crippen molar-refractivity contribution in [3.05, 3.63) is 127 Å². The Morgan fingerprint density at radius 3 is 1.71 bits per heavy atom. The van der Waals surface area contributed by atoms with Crippen molar-refractivity contribution in [3.63, 3.8) is 0 Å². The Morgan fingerprint density at radius 2 is 1.26 bits per heavy atom. The Labute approximate surface area is 216 Å². The summed E-state index contributed by atoms with van der Waals surface area (Å²) in [4.78, 5) is 0. The minimum atomic E-state index is -4.93. The molecule has 0 atom stereocenters. The molecule has 200 valence electrons. The van der Waals surface area contributed by atoms with Gasteiger partial charge in [0.1, 0.15) is 11.5 Å². The van der Waals surface area contributed by atoms with Crippen LogP contribution in [0.25, 0.3) is 0 Å². The van der Waals surface area contributed by atoms with Gasteiger partial charge >= 0.3 is 12.7 Å². The van der Waals surface area contributed by atoms with E-state index in [2.05, 4.69) is 27.9 Å². The van der Waals surface area contributed by atoms with E-state index in [0.29, 0.717) is 22.4 Å². The summed E-state index contributed by atoms with van der Waals surface area (Å²) in [5.74, 6) is -0.927. The molecular weight excluding hydrogens is 508 g/mol. The van der Waals surface area contributed by atoms with E-state index in [1.165, 1.54) is 30.3 Å². The summed E-state index contributed by atoms with van der Waals surface area (Å²) >= 11 is 0. The second-order valence-corrected chi connectivity index (χ2v) is 8.31. The Kier molecular flexibility index (Phi) is 8.93. The number of ether oxygens (including phenoxy) is 2. The van der Waals surface area contributed by atoms with E-state index in [4.69, 9.17) is 0 Å². The van der Waals surface area contributed by atoms with Crippen molar-refractivity contribution in [2.75, 3.05) is 11.9 Å². The molecule has 9 heteroatoms. The van der Waals surface area contributed by atoms with Crippen LogP contribution in [-0.2, 0) is 5.41 Å². The second kappa shape index (κ2) is 11.9. The molecule has 0 aliphatic carbocycles. The SMILES string of the molecule is C=C/C=C(\C=C)CC(CNc1ccccc1)(c1cccc(OC(F)(F)F)c1)c1cccc(OC(F)(F)F)c1. The van der Waals surface area contributed by atoms with Crippen molar-refractivity contribution in [3.8, 4) is 11.5 Å². The van der Waals surface area contributed by atoms with Crippen LogP contribution < -0.4 is 14.8 Å². The van der Waals surface area contributed by atoms with Crippen LogP contribution in [0, 0.1) is 0 Å². The smallest absolute Gasteiger partial charge is 0.406 e. The van der Waals surface area contributed by atoms with Crippen LogP contribution in [0.15, 0.2) is 116 Å². The van der Waals surface area contributed by atoms with Crippen LogP contribution >= 0.6 is 0 Å². The van der Waals surface area contributed by atoms with E-state index in [1.807, 2.05) is 6.07 Å². The van der Waals surface area contributed by atoms with Crippen molar-refractivity contribution < 1.29 is 35.8 Å². The molecule has 0 heterocycles. The van der Waals surface area contributed by atoms with Crippen LogP contribution in [0.4, 0.5) is 32.0 Å². The average molecular weight is 534 g/mol. The van der Waals surface area contributed by atoms with Crippen molar-refractivity contribution >= 4 is 5.69 Å². The Morgan fingerprint density at radius 1 is 0.737 bits per heavy atom. The molecule has 0 amide bonds. The maximum absolute atomic E-state index is 13.0. The molecule has 0 aliphatic heterocycles. The first-order valence-electron chi connectivity index (χ1n) is 11.4. The maximum Gasteiger partial charge on any atom is 0.573 e. The van der Waals surface area contributed by atoms with E-state index in [9.17, 15) is 26.3 Å². The lowest BCUT2D eigenvalue weighted by atomic mass is 9.70. The summed E-state index contributed by atoms with van der Waals surface area (Å²) in [5, 5.41) is 3.28. The molecule has 1 N–H and O–H groups in total. The van der Waals surface area contributed by atoms with Crippen molar-refractivity contribution in [1.82, 2.24) is 0 Å². The van der Waals surface area contributed by atoms with Gasteiger partial charge in [-0.25, -0.2) is 0 Å². The fourth-order valence-electron chi connectivity index (χ4n) is 4.13. The van der Waals surface area contributed by atoms with Crippen LogP contribution in [-0.4, -0.2) is 19.3 Å². The molecule has 0 spiro atoms. The van der Waals surface area contributed by atoms with Gasteiger partial charge in [0.15, 0.2) is 0 Å². The van der Waals surface area contributed by atoms with Gasteiger partial charge in [-0.3, -0.25) is 0 Å². The van der Waals surface area contributed by atoms with Crippen molar-refractivity contribution in [1.29, 1.82) is 0 Å². The van der Waals surface area contributed by atoms with E-state index in [-0.39, 0.29) is 13.0 Å². The highest BCUT2D eigenvalue weighted by Gasteiger charge is 2.38. The molecule has 0 aromatic heterocycles. The number of benzene rings is 3. The summed E-state index contributed by atoms with van der Waals surface area (Å²) < 4.78 is 86.6. The van der Waals surface area contributed by atoms with Gasteiger partial charge in [-0.1, -0.05) is 73.9 Å². The zero-order chi connectivity index (χ0) is 27.8. The third-order valence-corrected chi connectivity index (χ3v) is 5.71. The quantitative estimate of drug-likeness (QED) is 0.198. The van der Waals surface area contributed by atoms with Crippen molar-refractivity contribution in [2.24, 2.45) is 0 Å². The molecular formula is C29H25F6NO2. The minimum absolute atomic E-state index is 0.0876. The normalized spacial score (nSPS) is 12.5. The molecule has 3 rings (SSSR count). The first-order valence-corrected chi connectivity index (χ1v) is 11.4. The summed E-state index contributed by atoms with van der Waals surface area (Å²) in [7, 11) is 0.